The predicted molar refractivity (Wildman–Crippen MR) is 109 cm³/mol. The lowest BCUT2D eigenvalue weighted by atomic mass is 10.2. The Morgan fingerprint density at radius 3 is 2.62 bits per heavy atom. The molecular weight excluding hydrogens is 392 g/mol. The second-order valence-corrected chi connectivity index (χ2v) is 8.10. The minimum Gasteiger partial charge on any atom is -0.493 e. The first kappa shape index (κ1) is 19.1. The molecule has 0 saturated carbocycles. The number of anilines is 3. The molecule has 0 aliphatic carbocycles. The molecule has 1 aliphatic rings. The Balaban J connectivity index is 1.27. The smallest absolute Gasteiger partial charge is 0.240 e. The van der Waals surface area contributed by atoms with Gasteiger partial charge in [-0.05, 0) is 48.0 Å². The average molecular weight is 412 g/mol. The number of nitrogens with one attached hydrogen (secondary N) is 3. The maximum Gasteiger partial charge on any atom is 0.240 e. The van der Waals surface area contributed by atoms with Crippen molar-refractivity contribution in [2.24, 2.45) is 0 Å². The van der Waals surface area contributed by atoms with E-state index in [1.807, 2.05) is 18.2 Å². The summed E-state index contributed by atoms with van der Waals surface area (Å²) in [5.74, 6) is 2.54. The number of sulfonamides is 1. The summed E-state index contributed by atoms with van der Waals surface area (Å²) >= 11 is 0. The van der Waals surface area contributed by atoms with Crippen LogP contribution in [0.3, 0.4) is 0 Å². The monoisotopic (exact) mass is 412 g/mol. The molecule has 0 bridgehead atoms. The number of pyridine rings is 1. The van der Waals surface area contributed by atoms with E-state index in [0.29, 0.717) is 30.6 Å². The molecule has 2 aromatic heterocycles. The lowest BCUT2D eigenvalue weighted by Crippen LogP contribution is -2.29. The summed E-state index contributed by atoms with van der Waals surface area (Å²) in [5.41, 5.74) is 0.917. The van der Waals surface area contributed by atoms with Crippen molar-refractivity contribution in [3.8, 4) is 5.75 Å². The molecule has 1 aliphatic heterocycles. The van der Waals surface area contributed by atoms with Gasteiger partial charge in [0.15, 0.2) is 5.82 Å². The maximum atomic E-state index is 12.4. The summed E-state index contributed by atoms with van der Waals surface area (Å²) in [6.07, 6.45) is 2.41. The van der Waals surface area contributed by atoms with Crippen LogP contribution < -0.4 is 20.1 Å². The quantitative estimate of drug-likeness (QED) is 0.481. The highest BCUT2D eigenvalue weighted by Gasteiger charge is 2.18. The van der Waals surface area contributed by atoms with Gasteiger partial charge in [-0.3, -0.25) is 0 Å². The number of hydrogen-bond acceptors (Lipinski definition) is 8. The fraction of sp³-hybridized carbons (Fsp3) is 0.211. The van der Waals surface area contributed by atoms with Gasteiger partial charge in [-0.1, -0.05) is 6.07 Å². The largest absolute Gasteiger partial charge is 0.493 e. The molecule has 0 fully saturated rings. The van der Waals surface area contributed by atoms with E-state index in [0.717, 1.165) is 17.7 Å². The number of benzene rings is 1. The number of hydrogen-bond donors (Lipinski definition) is 3. The molecule has 0 radical (unpaired) electrons. The Morgan fingerprint density at radius 1 is 0.966 bits per heavy atom. The Hall–Kier alpha value is -3.24. The number of rotatable bonds is 8. The molecule has 1 aromatic carbocycles. The third kappa shape index (κ3) is 4.79. The SMILES string of the molecule is O=S(=O)(NCCNc1ccc(Nc2ccccn2)nn1)c1ccc2c(c1)CCO2. The van der Waals surface area contributed by atoms with Crippen molar-refractivity contribution in [2.75, 3.05) is 30.3 Å². The fourth-order valence-electron chi connectivity index (χ4n) is 2.85. The summed E-state index contributed by atoms with van der Waals surface area (Å²) in [7, 11) is -3.58. The first-order chi connectivity index (χ1) is 14.1. The van der Waals surface area contributed by atoms with Crippen LogP contribution in [0.1, 0.15) is 5.56 Å². The summed E-state index contributed by atoms with van der Waals surface area (Å²) in [6, 6.07) is 14.0. The number of aromatic nitrogens is 3. The molecule has 3 N–H and O–H groups in total. The Morgan fingerprint density at radius 2 is 1.83 bits per heavy atom. The summed E-state index contributed by atoms with van der Waals surface area (Å²) in [4.78, 5) is 4.40. The molecule has 0 unspecified atom stereocenters. The van der Waals surface area contributed by atoms with Gasteiger partial charge >= 0.3 is 0 Å². The third-order valence-corrected chi connectivity index (χ3v) is 5.74. The van der Waals surface area contributed by atoms with Crippen LogP contribution in [0.25, 0.3) is 0 Å². The van der Waals surface area contributed by atoms with Crippen LogP contribution in [-0.4, -0.2) is 43.3 Å². The van der Waals surface area contributed by atoms with Gasteiger partial charge in [0.25, 0.3) is 0 Å². The van der Waals surface area contributed by atoms with E-state index in [4.69, 9.17) is 4.74 Å². The average Bonchev–Trinajstić information content (AvgIpc) is 3.21. The van der Waals surface area contributed by atoms with Crippen molar-refractivity contribution in [3.05, 3.63) is 60.3 Å². The number of fused-ring (bicyclic) bond motifs is 1. The first-order valence-electron chi connectivity index (χ1n) is 9.11. The molecule has 4 rings (SSSR count). The standard InChI is InChI=1S/C19H20N6O3S/c26-29(27,15-4-5-16-14(13-15)8-12-28-16)22-11-10-21-18-6-7-19(25-24-18)23-17-3-1-2-9-20-17/h1-7,9,13,22H,8,10-12H2,(H,21,24)(H,20,23,25). The van der Waals surface area contributed by atoms with Crippen LogP contribution in [0, 0.1) is 0 Å². The Labute approximate surface area is 168 Å². The second-order valence-electron chi connectivity index (χ2n) is 6.34. The molecule has 0 spiro atoms. The van der Waals surface area contributed by atoms with E-state index in [1.165, 1.54) is 0 Å². The third-order valence-electron chi connectivity index (χ3n) is 4.28. The summed E-state index contributed by atoms with van der Waals surface area (Å²) in [5, 5.41) is 14.2. The van der Waals surface area contributed by atoms with E-state index < -0.39 is 10.0 Å². The summed E-state index contributed by atoms with van der Waals surface area (Å²) < 4.78 is 32.9. The van der Waals surface area contributed by atoms with Gasteiger partial charge in [0.2, 0.25) is 10.0 Å². The zero-order valence-electron chi connectivity index (χ0n) is 15.5. The van der Waals surface area contributed by atoms with E-state index in [-0.39, 0.29) is 11.4 Å². The van der Waals surface area contributed by atoms with Crippen molar-refractivity contribution >= 4 is 27.5 Å². The van der Waals surface area contributed by atoms with Gasteiger partial charge < -0.3 is 15.4 Å². The minimum atomic E-state index is -3.58. The van der Waals surface area contributed by atoms with Gasteiger partial charge in [-0.15, -0.1) is 10.2 Å². The lowest BCUT2D eigenvalue weighted by Gasteiger charge is -2.09. The van der Waals surface area contributed by atoms with E-state index in [2.05, 4.69) is 30.5 Å². The highest BCUT2D eigenvalue weighted by Crippen LogP contribution is 2.27. The van der Waals surface area contributed by atoms with Crippen LogP contribution in [0.4, 0.5) is 17.5 Å². The fourth-order valence-corrected chi connectivity index (χ4v) is 3.93. The molecule has 0 amide bonds. The van der Waals surface area contributed by atoms with Crippen LogP contribution in [0.15, 0.2) is 59.6 Å². The van der Waals surface area contributed by atoms with Crippen molar-refractivity contribution in [2.45, 2.75) is 11.3 Å². The van der Waals surface area contributed by atoms with Crippen molar-refractivity contribution in [1.29, 1.82) is 0 Å². The maximum absolute atomic E-state index is 12.4. The van der Waals surface area contributed by atoms with Gasteiger partial charge in [-0.2, -0.15) is 0 Å². The number of ether oxygens (including phenoxy) is 1. The molecule has 3 heterocycles. The first-order valence-corrected chi connectivity index (χ1v) is 10.6. The molecule has 3 aromatic rings. The van der Waals surface area contributed by atoms with E-state index in [1.54, 1.807) is 36.5 Å². The van der Waals surface area contributed by atoms with Gasteiger partial charge in [0.05, 0.1) is 11.5 Å². The summed E-state index contributed by atoms with van der Waals surface area (Å²) in [6.45, 7) is 1.17. The number of nitrogens with zero attached hydrogens (tertiary/aromatic N) is 3. The topological polar surface area (TPSA) is 118 Å². The van der Waals surface area contributed by atoms with Gasteiger partial charge in [0, 0.05) is 25.7 Å². The van der Waals surface area contributed by atoms with Crippen molar-refractivity contribution in [3.63, 3.8) is 0 Å². The molecule has 29 heavy (non-hydrogen) atoms. The Bertz CT molecular complexity index is 1070. The predicted octanol–water partition coefficient (Wildman–Crippen LogP) is 1.94. The zero-order valence-corrected chi connectivity index (χ0v) is 16.3. The second kappa shape index (κ2) is 8.41. The molecule has 0 saturated heterocycles. The zero-order chi connectivity index (χ0) is 20.1. The van der Waals surface area contributed by atoms with Crippen LogP contribution in [-0.2, 0) is 16.4 Å². The molecule has 0 atom stereocenters. The van der Waals surface area contributed by atoms with Gasteiger partial charge in [-0.25, -0.2) is 18.1 Å². The van der Waals surface area contributed by atoms with Crippen LogP contribution in [0.5, 0.6) is 5.75 Å². The molecule has 10 heteroatoms. The minimum absolute atomic E-state index is 0.214. The van der Waals surface area contributed by atoms with E-state index in [9.17, 15) is 8.42 Å². The van der Waals surface area contributed by atoms with Crippen molar-refractivity contribution in [1.82, 2.24) is 19.9 Å². The molecule has 150 valence electrons. The van der Waals surface area contributed by atoms with Crippen LogP contribution >= 0.6 is 0 Å². The van der Waals surface area contributed by atoms with Gasteiger partial charge in [0.1, 0.15) is 17.4 Å². The Kier molecular flexibility index (Phi) is 5.54. The molecule has 9 nitrogen and oxygen atoms in total. The van der Waals surface area contributed by atoms with Crippen molar-refractivity contribution < 1.29 is 13.2 Å². The normalized spacial score (nSPS) is 12.8. The highest BCUT2D eigenvalue weighted by atomic mass is 32.2. The lowest BCUT2D eigenvalue weighted by molar-refractivity contribution is 0.356. The highest BCUT2D eigenvalue weighted by molar-refractivity contribution is 7.89. The van der Waals surface area contributed by atoms with Crippen LogP contribution in [0.2, 0.25) is 0 Å². The van der Waals surface area contributed by atoms with E-state index >= 15 is 0 Å². The molecular formula is C19H20N6O3S.